The van der Waals surface area contributed by atoms with E-state index in [1.165, 1.54) is 13.2 Å². The zero-order chi connectivity index (χ0) is 9.14. The molecule has 5 heteroatoms. The van der Waals surface area contributed by atoms with Crippen LogP contribution in [0.15, 0.2) is 12.3 Å². The first-order valence-electron chi connectivity index (χ1n) is 3.12. The lowest BCUT2D eigenvalue weighted by molar-refractivity contribution is 0.151. The number of rotatable bonds is 2. The van der Waals surface area contributed by atoms with Gasteiger partial charge in [-0.25, -0.2) is 13.8 Å². The van der Waals surface area contributed by atoms with Gasteiger partial charge in [-0.1, -0.05) is 11.6 Å². The van der Waals surface area contributed by atoms with Crippen molar-refractivity contribution >= 4 is 11.6 Å². The maximum absolute atomic E-state index is 12.1. The van der Waals surface area contributed by atoms with Crippen LogP contribution in [-0.2, 0) is 0 Å². The standard InChI is InChI=1S/C7H6ClF2NO/c1-12-6-2-5(8)4(3-11-6)7(9)10/h2-3,7H,1H3. The predicted octanol–water partition coefficient (Wildman–Crippen LogP) is 2.68. The van der Waals surface area contributed by atoms with E-state index in [1.807, 2.05) is 0 Å². The molecular weight excluding hydrogens is 188 g/mol. The van der Waals surface area contributed by atoms with Crippen molar-refractivity contribution in [3.05, 3.63) is 22.8 Å². The maximum Gasteiger partial charge on any atom is 0.266 e. The van der Waals surface area contributed by atoms with Gasteiger partial charge in [-0.3, -0.25) is 0 Å². The molecule has 0 aliphatic rings. The minimum absolute atomic E-state index is 0.0307. The van der Waals surface area contributed by atoms with Crippen molar-refractivity contribution in [1.29, 1.82) is 0 Å². The second-order valence-corrected chi connectivity index (χ2v) is 2.46. The fourth-order valence-corrected chi connectivity index (χ4v) is 0.921. The van der Waals surface area contributed by atoms with Crippen LogP contribution >= 0.6 is 11.6 Å². The molecule has 1 aromatic heterocycles. The second-order valence-electron chi connectivity index (χ2n) is 2.05. The average Bonchev–Trinajstić information content (AvgIpc) is 2.03. The monoisotopic (exact) mass is 193 g/mol. The number of halogens is 3. The molecule has 0 atom stereocenters. The van der Waals surface area contributed by atoms with E-state index in [0.29, 0.717) is 0 Å². The summed E-state index contributed by atoms with van der Waals surface area (Å²) in [7, 11) is 1.39. The van der Waals surface area contributed by atoms with Gasteiger partial charge in [-0.05, 0) is 0 Å². The third-order valence-corrected chi connectivity index (χ3v) is 1.63. The molecule has 0 amide bonds. The Hall–Kier alpha value is -0.900. The van der Waals surface area contributed by atoms with Gasteiger partial charge in [0.1, 0.15) is 0 Å². The Morgan fingerprint density at radius 2 is 2.25 bits per heavy atom. The molecule has 0 aliphatic carbocycles. The zero-order valence-electron chi connectivity index (χ0n) is 6.22. The first-order valence-corrected chi connectivity index (χ1v) is 3.50. The molecule has 0 radical (unpaired) electrons. The molecule has 0 aromatic carbocycles. The summed E-state index contributed by atoms with van der Waals surface area (Å²) >= 11 is 5.50. The largest absolute Gasteiger partial charge is 0.481 e. The van der Waals surface area contributed by atoms with Crippen molar-refractivity contribution in [2.45, 2.75) is 6.43 Å². The molecule has 1 aromatic rings. The summed E-state index contributed by atoms with van der Waals surface area (Å²) < 4.78 is 28.9. The molecule has 12 heavy (non-hydrogen) atoms. The van der Waals surface area contributed by atoms with Crippen LogP contribution in [0.5, 0.6) is 5.88 Å². The summed E-state index contributed by atoms with van der Waals surface area (Å²) in [6, 6.07) is 1.25. The predicted molar refractivity (Wildman–Crippen MR) is 40.8 cm³/mol. The molecule has 0 saturated carbocycles. The highest BCUT2D eigenvalue weighted by Crippen LogP contribution is 2.27. The molecule has 66 valence electrons. The van der Waals surface area contributed by atoms with Crippen molar-refractivity contribution < 1.29 is 13.5 Å². The molecule has 0 spiro atoms. The third-order valence-electron chi connectivity index (χ3n) is 1.30. The van der Waals surface area contributed by atoms with Gasteiger partial charge in [0.2, 0.25) is 5.88 Å². The number of pyridine rings is 1. The highest BCUT2D eigenvalue weighted by atomic mass is 35.5. The van der Waals surface area contributed by atoms with E-state index in [9.17, 15) is 8.78 Å². The third kappa shape index (κ3) is 1.82. The molecule has 1 rings (SSSR count). The normalized spacial score (nSPS) is 10.4. The number of nitrogens with zero attached hydrogens (tertiary/aromatic N) is 1. The highest BCUT2D eigenvalue weighted by molar-refractivity contribution is 6.31. The van der Waals surface area contributed by atoms with Gasteiger partial charge >= 0.3 is 0 Å². The lowest BCUT2D eigenvalue weighted by Crippen LogP contribution is -1.91. The van der Waals surface area contributed by atoms with E-state index < -0.39 is 6.43 Å². The number of alkyl halides is 2. The maximum atomic E-state index is 12.1. The van der Waals surface area contributed by atoms with E-state index in [4.69, 9.17) is 11.6 Å². The number of methoxy groups -OCH3 is 1. The van der Waals surface area contributed by atoms with Gasteiger partial charge in [0.15, 0.2) is 0 Å². The Kier molecular flexibility index (Phi) is 2.81. The molecule has 0 fully saturated rings. The number of hydrogen-bond acceptors (Lipinski definition) is 2. The minimum Gasteiger partial charge on any atom is -0.481 e. The average molecular weight is 194 g/mol. The van der Waals surface area contributed by atoms with Gasteiger partial charge in [0, 0.05) is 12.3 Å². The summed E-state index contributed by atoms with van der Waals surface area (Å²) in [5, 5.41) is -0.0307. The van der Waals surface area contributed by atoms with E-state index in [1.54, 1.807) is 0 Å². The molecule has 0 bridgehead atoms. The molecule has 2 nitrogen and oxygen atoms in total. The van der Waals surface area contributed by atoms with E-state index in [0.717, 1.165) is 6.20 Å². The highest BCUT2D eigenvalue weighted by Gasteiger charge is 2.12. The van der Waals surface area contributed by atoms with Crippen LogP contribution in [0.3, 0.4) is 0 Å². The van der Waals surface area contributed by atoms with E-state index in [2.05, 4.69) is 9.72 Å². The van der Waals surface area contributed by atoms with Crippen LogP contribution in [0, 0.1) is 0 Å². The SMILES string of the molecule is COc1cc(Cl)c(C(F)F)cn1. The summed E-state index contributed by atoms with van der Waals surface area (Å²) in [5.41, 5.74) is -0.280. The molecule has 0 aliphatic heterocycles. The Bertz CT molecular complexity index is 280. The molecular formula is C7H6ClF2NO. The lowest BCUT2D eigenvalue weighted by atomic mass is 10.3. The molecule has 0 unspecified atom stereocenters. The Morgan fingerprint density at radius 1 is 1.58 bits per heavy atom. The molecule has 1 heterocycles. The van der Waals surface area contributed by atoms with Gasteiger partial charge in [-0.2, -0.15) is 0 Å². The van der Waals surface area contributed by atoms with Crippen molar-refractivity contribution in [3.8, 4) is 5.88 Å². The summed E-state index contributed by atoms with van der Waals surface area (Å²) in [4.78, 5) is 3.59. The lowest BCUT2D eigenvalue weighted by Gasteiger charge is -2.03. The summed E-state index contributed by atoms with van der Waals surface area (Å²) in [6.45, 7) is 0. The number of hydrogen-bond donors (Lipinski definition) is 0. The first-order chi connectivity index (χ1) is 5.65. The Balaban J connectivity index is 3.03. The molecule has 0 saturated heterocycles. The van der Waals surface area contributed by atoms with Crippen molar-refractivity contribution in [1.82, 2.24) is 4.98 Å². The minimum atomic E-state index is -2.60. The number of aromatic nitrogens is 1. The summed E-state index contributed by atoms with van der Waals surface area (Å²) in [6.07, 6.45) is -1.60. The van der Waals surface area contributed by atoms with Crippen LogP contribution in [0.25, 0.3) is 0 Å². The van der Waals surface area contributed by atoms with Crippen molar-refractivity contribution in [2.75, 3.05) is 7.11 Å². The van der Waals surface area contributed by atoms with Crippen LogP contribution in [0.4, 0.5) is 8.78 Å². The fraction of sp³-hybridized carbons (Fsp3) is 0.286. The topological polar surface area (TPSA) is 22.1 Å². The van der Waals surface area contributed by atoms with Gasteiger partial charge in [-0.15, -0.1) is 0 Å². The van der Waals surface area contributed by atoms with Crippen molar-refractivity contribution in [2.24, 2.45) is 0 Å². The van der Waals surface area contributed by atoms with Crippen LogP contribution in [0.2, 0.25) is 5.02 Å². The van der Waals surface area contributed by atoms with Gasteiger partial charge < -0.3 is 4.74 Å². The number of ether oxygens (including phenoxy) is 1. The van der Waals surface area contributed by atoms with Crippen LogP contribution in [-0.4, -0.2) is 12.1 Å². The Morgan fingerprint density at radius 3 is 2.67 bits per heavy atom. The van der Waals surface area contributed by atoms with Crippen molar-refractivity contribution in [3.63, 3.8) is 0 Å². The summed E-state index contributed by atoms with van der Waals surface area (Å²) in [5.74, 6) is 0.226. The first kappa shape index (κ1) is 9.19. The fourth-order valence-electron chi connectivity index (χ4n) is 0.696. The van der Waals surface area contributed by atoms with Crippen LogP contribution < -0.4 is 4.74 Å². The second kappa shape index (κ2) is 3.67. The van der Waals surface area contributed by atoms with Crippen LogP contribution in [0.1, 0.15) is 12.0 Å². The van der Waals surface area contributed by atoms with E-state index in [-0.39, 0.29) is 16.5 Å². The molecule has 0 N–H and O–H groups in total. The quantitative estimate of drug-likeness (QED) is 0.721. The van der Waals surface area contributed by atoms with Gasteiger partial charge in [0.25, 0.3) is 6.43 Å². The van der Waals surface area contributed by atoms with Gasteiger partial charge in [0.05, 0.1) is 17.7 Å². The smallest absolute Gasteiger partial charge is 0.266 e. The Labute approximate surface area is 73.1 Å². The van der Waals surface area contributed by atoms with E-state index >= 15 is 0 Å². The zero-order valence-corrected chi connectivity index (χ0v) is 6.98.